The highest BCUT2D eigenvalue weighted by Crippen LogP contribution is 2.33. The number of hydrogen-bond acceptors (Lipinski definition) is 6. The van der Waals surface area contributed by atoms with Crippen molar-refractivity contribution >= 4 is 33.4 Å². The number of benzene rings is 1. The Labute approximate surface area is 183 Å². The maximum Gasteiger partial charge on any atom is 0.270 e. The summed E-state index contributed by atoms with van der Waals surface area (Å²) in [6.45, 7) is 2.69. The Hall–Kier alpha value is -2.78. The molecule has 0 aliphatic carbocycles. The number of likely N-dealkylation sites (N-methyl/N-ethyl adjacent to an activating group) is 1. The molecule has 1 fully saturated rings. The molecule has 1 saturated heterocycles. The Morgan fingerprint density at radius 1 is 1.29 bits per heavy atom. The summed E-state index contributed by atoms with van der Waals surface area (Å²) < 4.78 is 14.8. The lowest BCUT2D eigenvalue weighted by Crippen LogP contribution is -2.42. The summed E-state index contributed by atoms with van der Waals surface area (Å²) in [6, 6.07) is 6.51. The molecule has 2 N–H and O–H groups in total. The van der Waals surface area contributed by atoms with E-state index < -0.39 is 0 Å². The van der Waals surface area contributed by atoms with Crippen molar-refractivity contribution in [1.82, 2.24) is 20.2 Å². The van der Waals surface area contributed by atoms with Gasteiger partial charge in [-0.3, -0.25) is 14.6 Å². The smallest absolute Gasteiger partial charge is 0.270 e. The number of hydrogen-bond donors (Lipinski definition) is 2. The highest BCUT2D eigenvalue weighted by molar-refractivity contribution is 7.17. The van der Waals surface area contributed by atoms with Gasteiger partial charge in [0.1, 0.15) is 10.5 Å². The average molecular weight is 444 g/mol. The molecule has 1 aliphatic heterocycles. The summed E-state index contributed by atoms with van der Waals surface area (Å²) in [5.41, 5.74) is 1.35. The quantitative estimate of drug-likeness (QED) is 0.612. The summed E-state index contributed by atoms with van der Waals surface area (Å²) in [7, 11) is 3.95. The van der Waals surface area contributed by atoms with Gasteiger partial charge in [0.2, 0.25) is 11.9 Å². The van der Waals surface area contributed by atoms with E-state index in [0.717, 1.165) is 6.54 Å². The molecule has 0 spiro atoms. The number of H-pyrrole nitrogens is 1. The van der Waals surface area contributed by atoms with Gasteiger partial charge < -0.3 is 15.1 Å². The number of rotatable bonds is 6. The molecule has 31 heavy (non-hydrogen) atoms. The third-order valence-electron chi connectivity index (χ3n) is 5.60. The molecule has 7 nitrogen and oxygen atoms in total. The van der Waals surface area contributed by atoms with E-state index in [1.54, 1.807) is 23.6 Å². The van der Waals surface area contributed by atoms with E-state index >= 15 is 0 Å². The molecular formula is C22H26FN5O2S. The van der Waals surface area contributed by atoms with Gasteiger partial charge in [-0.2, -0.15) is 0 Å². The molecule has 9 heteroatoms. The van der Waals surface area contributed by atoms with Gasteiger partial charge in [0, 0.05) is 48.6 Å². The fraction of sp³-hybridized carbons (Fsp3) is 0.409. The number of carbonyl (C=O) groups excluding carboxylic acids is 1. The first-order valence-corrected chi connectivity index (χ1v) is 11.3. The van der Waals surface area contributed by atoms with E-state index in [1.807, 2.05) is 23.9 Å². The highest BCUT2D eigenvalue weighted by atomic mass is 32.1. The predicted octanol–water partition coefficient (Wildman–Crippen LogP) is 2.68. The largest absolute Gasteiger partial charge is 0.355 e. The Morgan fingerprint density at radius 2 is 2.03 bits per heavy atom. The number of aromatic nitrogens is 2. The lowest BCUT2D eigenvalue weighted by molar-refractivity contribution is -0.125. The third-order valence-corrected chi connectivity index (χ3v) is 6.57. The predicted molar refractivity (Wildman–Crippen MR) is 122 cm³/mol. The first kappa shape index (κ1) is 21.5. The third kappa shape index (κ3) is 4.62. The molecule has 0 atom stereocenters. The van der Waals surface area contributed by atoms with Gasteiger partial charge in [0.05, 0.1) is 5.52 Å². The second kappa shape index (κ2) is 9.15. The molecule has 4 rings (SSSR count). The number of thiophene rings is 1. The maximum absolute atomic E-state index is 14.3. The van der Waals surface area contributed by atoms with Gasteiger partial charge in [0.25, 0.3) is 5.56 Å². The van der Waals surface area contributed by atoms with Crippen LogP contribution < -0.4 is 15.8 Å². The molecule has 0 saturated carbocycles. The molecule has 164 valence electrons. The van der Waals surface area contributed by atoms with Crippen molar-refractivity contribution in [3.05, 3.63) is 45.8 Å². The molecule has 1 aliphatic rings. The van der Waals surface area contributed by atoms with Crippen molar-refractivity contribution < 1.29 is 9.18 Å². The molecule has 3 heterocycles. The van der Waals surface area contributed by atoms with Gasteiger partial charge >= 0.3 is 0 Å². The summed E-state index contributed by atoms with van der Waals surface area (Å²) in [4.78, 5) is 36.6. The van der Waals surface area contributed by atoms with Crippen LogP contribution in [0.15, 0.2) is 34.4 Å². The van der Waals surface area contributed by atoms with Crippen LogP contribution in [0.2, 0.25) is 0 Å². The summed E-state index contributed by atoms with van der Waals surface area (Å²) in [5, 5.41) is 4.77. The zero-order chi connectivity index (χ0) is 22.0. The molecule has 0 radical (unpaired) electrons. The molecule has 2 aromatic heterocycles. The average Bonchev–Trinajstić information content (AvgIpc) is 3.18. The van der Waals surface area contributed by atoms with Gasteiger partial charge in [-0.1, -0.05) is 18.2 Å². The summed E-state index contributed by atoms with van der Waals surface area (Å²) >= 11 is 1.27. The minimum absolute atomic E-state index is 0.0380. The monoisotopic (exact) mass is 443 g/mol. The van der Waals surface area contributed by atoms with Crippen LogP contribution in [0.3, 0.4) is 0 Å². The number of halogens is 1. The lowest BCUT2D eigenvalue weighted by atomic mass is 9.96. The highest BCUT2D eigenvalue weighted by Gasteiger charge is 2.26. The number of carbonyl (C=O) groups is 1. The van der Waals surface area contributed by atoms with E-state index in [-0.39, 0.29) is 23.2 Å². The van der Waals surface area contributed by atoms with E-state index in [1.165, 1.54) is 17.4 Å². The van der Waals surface area contributed by atoms with Crippen LogP contribution in [0.25, 0.3) is 21.3 Å². The Balaban J connectivity index is 1.51. The van der Waals surface area contributed by atoms with Crippen molar-refractivity contribution in [2.45, 2.75) is 12.8 Å². The van der Waals surface area contributed by atoms with E-state index in [0.29, 0.717) is 59.8 Å². The Bertz CT molecular complexity index is 1130. The number of amides is 1. The van der Waals surface area contributed by atoms with Crippen molar-refractivity contribution in [2.75, 3.05) is 45.2 Å². The van der Waals surface area contributed by atoms with Gasteiger partial charge in [-0.05, 0) is 33.0 Å². The number of nitrogens with one attached hydrogen (secondary N) is 2. The normalized spacial score (nSPS) is 15.0. The summed E-state index contributed by atoms with van der Waals surface area (Å²) in [6.07, 6.45) is 1.39. The van der Waals surface area contributed by atoms with Crippen LogP contribution in [-0.2, 0) is 4.79 Å². The van der Waals surface area contributed by atoms with Crippen LogP contribution in [0.4, 0.5) is 10.3 Å². The number of aromatic amines is 1. The zero-order valence-corrected chi connectivity index (χ0v) is 18.5. The van der Waals surface area contributed by atoms with Crippen LogP contribution in [0.5, 0.6) is 0 Å². The molecular weight excluding hydrogens is 417 g/mol. The maximum atomic E-state index is 14.3. The fourth-order valence-corrected chi connectivity index (χ4v) is 4.74. The first-order valence-electron chi connectivity index (χ1n) is 10.4. The summed E-state index contributed by atoms with van der Waals surface area (Å²) in [5.74, 6) is 0.175. The second-order valence-corrected chi connectivity index (χ2v) is 8.93. The molecule has 0 bridgehead atoms. The number of piperidine rings is 1. The Kier molecular flexibility index (Phi) is 6.33. The van der Waals surface area contributed by atoms with Crippen LogP contribution in [-0.4, -0.2) is 61.0 Å². The van der Waals surface area contributed by atoms with Gasteiger partial charge in [0.15, 0.2) is 0 Å². The molecule has 3 aromatic rings. The van der Waals surface area contributed by atoms with E-state index in [9.17, 15) is 14.0 Å². The number of anilines is 1. The van der Waals surface area contributed by atoms with Crippen molar-refractivity contribution in [2.24, 2.45) is 5.92 Å². The number of fused-ring (bicyclic) bond motifs is 1. The van der Waals surface area contributed by atoms with Crippen LogP contribution >= 0.6 is 11.3 Å². The van der Waals surface area contributed by atoms with Crippen molar-refractivity contribution in [1.29, 1.82) is 0 Å². The minimum Gasteiger partial charge on any atom is -0.355 e. The number of nitrogens with zero attached hydrogens (tertiary/aromatic N) is 3. The SMILES string of the molecule is CN(C)CCNC(=O)C1CCN(c2nc3c(-c4ccccc4F)csc3c(=O)[nH]2)CC1. The zero-order valence-electron chi connectivity index (χ0n) is 17.7. The van der Waals surface area contributed by atoms with E-state index in [2.05, 4.69) is 15.3 Å². The standard InChI is InChI=1S/C22H26FN5O2S/c1-27(2)12-9-24-20(29)14-7-10-28(11-8-14)22-25-18-16(13-31-19(18)21(30)26-22)15-5-3-4-6-17(15)23/h3-6,13-14H,7-12H2,1-2H3,(H,24,29)(H,25,26,30). The topological polar surface area (TPSA) is 81.3 Å². The van der Waals surface area contributed by atoms with Gasteiger partial charge in [-0.15, -0.1) is 11.3 Å². The molecule has 1 amide bonds. The first-order chi connectivity index (χ1) is 14.9. The molecule has 1 aromatic carbocycles. The van der Waals surface area contributed by atoms with E-state index in [4.69, 9.17) is 0 Å². The fourth-order valence-electron chi connectivity index (χ4n) is 3.84. The van der Waals surface area contributed by atoms with Crippen molar-refractivity contribution in [3.63, 3.8) is 0 Å². The minimum atomic E-state index is -0.341. The van der Waals surface area contributed by atoms with Crippen LogP contribution in [0.1, 0.15) is 12.8 Å². The van der Waals surface area contributed by atoms with Gasteiger partial charge in [-0.25, -0.2) is 9.37 Å². The second-order valence-electron chi connectivity index (χ2n) is 8.05. The Morgan fingerprint density at radius 3 is 2.74 bits per heavy atom. The lowest BCUT2D eigenvalue weighted by Gasteiger charge is -2.31. The molecule has 0 unspecified atom stereocenters. The van der Waals surface area contributed by atoms with Crippen LogP contribution in [0, 0.1) is 11.7 Å². The van der Waals surface area contributed by atoms with Crippen molar-refractivity contribution in [3.8, 4) is 11.1 Å².